The van der Waals surface area contributed by atoms with Crippen molar-refractivity contribution in [1.82, 2.24) is 0 Å². The molecule has 2 atom stereocenters. The highest BCUT2D eigenvalue weighted by molar-refractivity contribution is 7.79. The van der Waals surface area contributed by atoms with Gasteiger partial charge in [0.25, 0.3) is 7.72 Å². The van der Waals surface area contributed by atoms with Gasteiger partial charge in [-0.3, -0.25) is 4.31 Å². The molecule has 6 heteroatoms. The van der Waals surface area contributed by atoms with Crippen LogP contribution in [-0.4, -0.2) is 18.5 Å². The first-order valence-corrected chi connectivity index (χ1v) is 9.88. The van der Waals surface area contributed by atoms with Gasteiger partial charge in [-0.05, 0) is 19.3 Å². The summed E-state index contributed by atoms with van der Waals surface area (Å²) in [5, 5.41) is 0. The molecule has 0 aromatic rings. The summed E-state index contributed by atoms with van der Waals surface area (Å²) in [5.41, 5.74) is 0. The first-order chi connectivity index (χ1) is 7.26. The minimum absolute atomic E-state index is 0.216. The lowest BCUT2D eigenvalue weighted by molar-refractivity contribution is 0.407. The highest BCUT2D eigenvalue weighted by Crippen LogP contribution is 2.77. The Hall–Kier alpha value is 1.17. The summed E-state index contributed by atoms with van der Waals surface area (Å²) in [4.78, 5) is 0. The van der Waals surface area contributed by atoms with Crippen molar-refractivity contribution < 1.29 is 12.9 Å². The maximum absolute atomic E-state index is 6.13. The summed E-state index contributed by atoms with van der Waals surface area (Å²) in [6.07, 6.45) is 6.68. The van der Waals surface area contributed by atoms with Crippen molar-refractivity contribution in [3.05, 3.63) is 0 Å². The normalized spacial score (nSPS) is 27.0. The lowest BCUT2D eigenvalue weighted by atomic mass is 10.6. The Labute approximate surface area is 97.0 Å². The zero-order valence-electron chi connectivity index (χ0n) is 9.86. The SMILES string of the molecule is CCCP1OPO[P+](CCC)(CCC)O1. The fraction of sp³-hybridized carbons (Fsp3) is 1.00. The smallest absolute Gasteiger partial charge is 0.278 e. The van der Waals surface area contributed by atoms with Crippen LogP contribution >= 0.6 is 25.1 Å². The van der Waals surface area contributed by atoms with Crippen molar-refractivity contribution in [2.45, 2.75) is 40.0 Å². The van der Waals surface area contributed by atoms with Gasteiger partial charge in [0.05, 0.1) is 0 Å². The Balaban J connectivity index is 2.53. The van der Waals surface area contributed by atoms with E-state index in [9.17, 15) is 0 Å². The monoisotopic (exact) mass is 271 g/mol. The molecule has 0 radical (unpaired) electrons. The first-order valence-electron chi connectivity index (χ1n) is 5.71. The summed E-state index contributed by atoms with van der Waals surface area (Å²) in [5.74, 6) is 0. The van der Waals surface area contributed by atoms with E-state index < -0.39 is 16.1 Å². The summed E-state index contributed by atoms with van der Waals surface area (Å²) < 4.78 is 17.5. The topological polar surface area (TPSA) is 27.7 Å². The van der Waals surface area contributed by atoms with Gasteiger partial charge in [-0.2, -0.15) is 8.62 Å². The lowest BCUT2D eigenvalue weighted by Crippen LogP contribution is -2.09. The second kappa shape index (κ2) is 7.49. The molecule has 0 aromatic carbocycles. The Morgan fingerprint density at radius 1 is 1.07 bits per heavy atom. The molecule has 1 aliphatic heterocycles. The predicted molar refractivity (Wildman–Crippen MR) is 70.9 cm³/mol. The van der Waals surface area contributed by atoms with Crippen LogP contribution in [0.4, 0.5) is 0 Å². The predicted octanol–water partition coefficient (Wildman–Crippen LogP) is 4.95. The average molecular weight is 271 g/mol. The molecule has 1 aliphatic rings. The van der Waals surface area contributed by atoms with Crippen LogP contribution in [0.5, 0.6) is 0 Å². The lowest BCUT2D eigenvalue weighted by Gasteiger charge is -2.30. The second-order valence-corrected chi connectivity index (χ2v) is 9.58. The fourth-order valence-electron chi connectivity index (χ4n) is 1.56. The summed E-state index contributed by atoms with van der Waals surface area (Å²) >= 11 is 0. The average Bonchev–Trinajstić information content (AvgIpc) is 2.19. The fourth-order valence-corrected chi connectivity index (χ4v) is 9.09. The molecule has 90 valence electrons. The summed E-state index contributed by atoms with van der Waals surface area (Å²) in [6.45, 7) is 6.57. The third-order valence-corrected chi connectivity index (χ3v) is 9.85. The van der Waals surface area contributed by atoms with E-state index in [-0.39, 0.29) is 9.03 Å². The van der Waals surface area contributed by atoms with E-state index in [2.05, 4.69) is 20.8 Å². The number of rotatable bonds is 6. The van der Waals surface area contributed by atoms with Crippen LogP contribution in [0.15, 0.2) is 0 Å². The highest BCUT2D eigenvalue weighted by atomic mass is 31.3. The van der Waals surface area contributed by atoms with Gasteiger partial charge in [0, 0.05) is 6.16 Å². The number of hydrogen-bond acceptors (Lipinski definition) is 3. The number of hydrogen-bond donors (Lipinski definition) is 0. The molecular weight excluding hydrogens is 249 g/mol. The zero-order valence-corrected chi connectivity index (χ0v) is 12.7. The Morgan fingerprint density at radius 3 is 2.27 bits per heavy atom. The molecule has 1 fully saturated rings. The standard InChI is InChI=1S/C9H22O3P3/c1-4-7-14-10-13-11-15(12-14,8-5-2)9-6-3/h13H,4-9H2,1-3H3/q+1. The first kappa shape index (κ1) is 14.2. The Kier molecular flexibility index (Phi) is 7.10. The van der Waals surface area contributed by atoms with E-state index in [0.29, 0.717) is 0 Å². The minimum atomic E-state index is -1.56. The van der Waals surface area contributed by atoms with Crippen molar-refractivity contribution in [3.8, 4) is 0 Å². The van der Waals surface area contributed by atoms with E-state index in [1.807, 2.05) is 0 Å². The molecule has 0 amide bonds. The van der Waals surface area contributed by atoms with Crippen molar-refractivity contribution in [1.29, 1.82) is 0 Å². The van der Waals surface area contributed by atoms with Gasteiger partial charge < -0.3 is 0 Å². The van der Waals surface area contributed by atoms with E-state index in [0.717, 1.165) is 37.7 Å². The Morgan fingerprint density at radius 2 is 1.73 bits per heavy atom. The third-order valence-electron chi connectivity index (χ3n) is 2.12. The van der Waals surface area contributed by atoms with Gasteiger partial charge in [0.2, 0.25) is 17.4 Å². The second-order valence-electron chi connectivity index (χ2n) is 3.67. The van der Waals surface area contributed by atoms with Crippen molar-refractivity contribution in [3.63, 3.8) is 0 Å². The van der Waals surface area contributed by atoms with Crippen LogP contribution in [0, 0.1) is 0 Å². The molecule has 0 aromatic heterocycles. The van der Waals surface area contributed by atoms with Crippen LogP contribution in [0.25, 0.3) is 0 Å². The van der Waals surface area contributed by atoms with Crippen LogP contribution in [0.1, 0.15) is 40.0 Å². The van der Waals surface area contributed by atoms with Crippen molar-refractivity contribution in [2.24, 2.45) is 0 Å². The van der Waals surface area contributed by atoms with E-state index in [1.165, 1.54) is 0 Å². The Bertz CT molecular complexity index is 166. The van der Waals surface area contributed by atoms with Gasteiger partial charge in [-0.1, -0.05) is 20.8 Å². The zero-order chi connectivity index (χ0) is 11.1. The van der Waals surface area contributed by atoms with Crippen LogP contribution in [-0.2, 0) is 12.9 Å². The van der Waals surface area contributed by atoms with Crippen molar-refractivity contribution >= 4 is 25.1 Å². The quantitative estimate of drug-likeness (QED) is 0.640. The molecule has 2 unspecified atom stereocenters. The maximum Gasteiger partial charge on any atom is 0.290 e. The molecule has 1 rings (SSSR count). The van der Waals surface area contributed by atoms with Gasteiger partial charge in [-0.15, -0.1) is 0 Å². The van der Waals surface area contributed by atoms with Crippen LogP contribution < -0.4 is 0 Å². The minimum Gasteiger partial charge on any atom is -0.278 e. The van der Waals surface area contributed by atoms with E-state index >= 15 is 0 Å². The molecule has 0 bridgehead atoms. The molecule has 0 saturated carbocycles. The highest BCUT2D eigenvalue weighted by Gasteiger charge is 2.47. The molecule has 0 spiro atoms. The largest absolute Gasteiger partial charge is 0.290 e. The molecule has 15 heavy (non-hydrogen) atoms. The van der Waals surface area contributed by atoms with Gasteiger partial charge >= 0.3 is 0 Å². The van der Waals surface area contributed by atoms with E-state index in [4.69, 9.17) is 12.9 Å². The summed E-state index contributed by atoms with van der Waals surface area (Å²) in [6, 6.07) is 0. The maximum atomic E-state index is 6.13. The third kappa shape index (κ3) is 4.50. The molecular formula is C9H22O3P3+. The van der Waals surface area contributed by atoms with Crippen LogP contribution in [0.3, 0.4) is 0 Å². The van der Waals surface area contributed by atoms with Gasteiger partial charge in [0.1, 0.15) is 12.3 Å². The van der Waals surface area contributed by atoms with Crippen LogP contribution in [0.2, 0.25) is 0 Å². The molecule has 0 aliphatic carbocycles. The summed E-state index contributed by atoms with van der Waals surface area (Å²) in [7, 11) is -1.99. The van der Waals surface area contributed by atoms with Gasteiger partial charge in [0.15, 0.2) is 0 Å². The van der Waals surface area contributed by atoms with Gasteiger partial charge in [-0.25, -0.2) is 0 Å². The molecule has 0 N–H and O–H groups in total. The molecule has 1 saturated heterocycles. The molecule has 1 heterocycles. The molecule has 3 nitrogen and oxygen atoms in total. The van der Waals surface area contributed by atoms with Crippen molar-refractivity contribution in [2.75, 3.05) is 18.5 Å². The van der Waals surface area contributed by atoms with E-state index in [1.54, 1.807) is 0 Å².